The van der Waals surface area contributed by atoms with Gasteiger partial charge in [-0.25, -0.2) is 9.80 Å². The Morgan fingerprint density at radius 2 is 1.91 bits per heavy atom. The summed E-state index contributed by atoms with van der Waals surface area (Å²) in [7, 11) is 0. The second-order valence-electron chi connectivity index (χ2n) is 9.55. The maximum absolute atomic E-state index is 13.6. The molecule has 2 aliphatic rings. The number of rotatable bonds is 7. The standard InChI is InChI=1S/C24H33N5O3S2/c1-24(2,3)25-23(31)28(9-8-27-10-12-32-13-11-27)17-22(30)29-19(21-7-5-15-34-21)16-18(26-29)20-6-4-14-33-20/h4-7,14-15,19H,8-13,16-17H2,1-3H3,(H,25,31)/t19-/m0/s1. The number of nitrogens with zero attached hydrogens (tertiary/aromatic N) is 4. The van der Waals surface area contributed by atoms with Crippen molar-refractivity contribution >= 4 is 40.3 Å². The summed E-state index contributed by atoms with van der Waals surface area (Å²) in [5.41, 5.74) is 0.524. The van der Waals surface area contributed by atoms with Crippen LogP contribution in [0.4, 0.5) is 4.79 Å². The SMILES string of the molecule is CC(C)(C)NC(=O)N(CCN1CCOCC1)CC(=O)N1N=C(c2cccs2)C[C@H]1c1cccs1. The zero-order valence-electron chi connectivity index (χ0n) is 20.0. The average molecular weight is 504 g/mol. The third kappa shape index (κ3) is 6.44. The van der Waals surface area contributed by atoms with Crippen LogP contribution in [0.5, 0.6) is 0 Å². The predicted molar refractivity (Wildman–Crippen MR) is 136 cm³/mol. The highest BCUT2D eigenvalue weighted by atomic mass is 32.1. The minimum atomic E-state index is -0.394. The molecule has 4 rings (SSSR count). The zero-order chi connectivity index (χ0) is 24.1. The van der Waals surface area contributed by atoms with Gasteiger partial charge in [0.25, 0.3) is 5.91 Å². The van der Waals surface area contributed by atoms with Gasteiger partial charge in [-0.05, 0) is 43.7 Å². The maximum Gasteiger partial charge on any atom is 0.318 e. The van der Waals surface area contributed by atoms with Gasteiger partial charge in [0.15, 0.2) is 0 Å². The minimum Gasteiger partial charge on any atom is -0.379 e. The van der Waals surface area contributed by atoms with Crippen LogP contribution >= 0.6 is 22.7 Å². The molecule has 0 unspecified atom stereocenters. The number of urea groups is 1. The van der Waals surface area contributed by atoms with E-state index in [1.807, 2.05) is 55.8 Å². The van der Waals surface area contributed by atoms with Crippen LogP contribution in [0.25, 0.3) is 0 Å². The van der Waals surface area contributed by atoms with Crippen molar-refractivity contribution in [2.45, 2.75) is 38.8 Å². The van der Waals surface area contributed by atoms with E-state index in [0.29, 0.717) is 32.7 Å². The number of hydrazone groups is 1. The summed E-state index contributed by atoms with van der Waals surface area (Å²) in [4.78, 5) is 32.7. The lowest BCUT2D eigenvalue weighted by molar-refractivity contribution is -0.133. The Labute approximate surface area is 209 Å². The van der Waals surface area contributed by atoms with E-state index in [9.17, 15) is 9.59 Å². The van der Waals surface area contributed by atoms with Gasteiger partial charge in [-0.15, -0.1) is 22.7 Å². The summed E-state index contributed by atoms with van der Waals surface area (Å²) in [6.07, 6.45) is 0.675. The first kappa shape index (κ1) is 24.8. The van der Waals surface area contributed by atoms with Crippen LogP contribution < -0.4 is 5.32 Å². The summed E-state index contributed by atoms with van der Waals surface area (Å²) in [6.45, 7) is 10.0. The molecule has 0 radical (unpaired) electrons. The second-order valence-corrected chi connectivity index (χ2v) is 11.5. The fraction of sp³-hybridized carbons (Fsp3) is 0.542. The molecule has 2 aliphatic heterocycles. The van der Waals surface area contributed by atoms with Crippen LogP contribution in [0.15, 0.2) is 40.1 Å². The van der Waals surface area contributed by atoms with E-state index in [1.54, 1.807) is 32.6 Å². The molecule has 0 saturated carbocycles. The Balaban J connectivity index is 1.50. The van der Waals surface area contributed by atoms with Crippen molar-refractivity contribution < 1.29 is 14.3 Å². The summed E-state index contributed by atoms with van der Waals surface area (Å²) >= 11 is 3.25. The lowest BCUT2D eigenvalue weighted by Gasteiger charge is -2.32. The van der Waals surface area contributed by atoms with Gasteiger partial charge in [-0.1, -0.05) is 12.1 Å². The maximum atomic E-state index is 13.6. The first-order valence-corrected chi connectivity index (χ1v) is 13.4. The molecule has 10 heteroatoms. The van der Waals surface area contributed by atoms with Crippen LogP contribution in [0.1, 0.15) is 43.0 Å². The third-order valence-corrected chi connectivity index (χ3v) is 7.62. The fourth-order valence-electron chi connectivity index (χ4n) is 4.01. The fourth-order valence-corrected chi connectivity index (χ4v) is 5.54. The topological polar surface area (TPSA) is 77.5 Å². The monoisotopic (exact) mass is 503 g/mol. The molecule has 2 aromatic heterocycles. The molecule has 0 bridgehead atoms. The summed E-state index contributed by atoms with van der Waals surface area (Å²) in [6, 6.07) is 7.70. The molecular weight excluding hydrogens is 470 g/mol. The van der Waals surface area contributed by atoms with E-state index in [-0.39, 0.29) is 24.5 Å². The van der Waals surface area contributed by atoms with Crippen molar-refractivity contribution in [2.75, 3.05) is 45.9 Å². The van der Waals surface area contributed by atoms with Gasteiger partial charge in [-0.2, -0.15) is 5.10 Å². The van der Waals surface area contributed by atoms with Crippen LogP contribution in [0, 0.1) is 0 Å². The predicted octanol–water partition coefficient (Wildman–Crippen LogP) is 3.63. The van der Waals surface area contributed by atoms with Gasteiger partial charge in [0.05, 0.1) is 29.8 Å². The third-order valence-electron chi connectivity index (χ3n) is 5.73. The van der Waals surface area contributed by atoms with Crippen LogP contribution in [0.2, 0.25) is 0 Å². The van der Waals surface area contributed by atoms with Crippen molar-refractivity contribution in [3.05, 3.63) is 44.8 Å². The molecular formula is C24H33N5O3S2. The van der Waals surface area contributed by atoms with Crippen molar-refractivity contribution in [1.82, 2.24) is 20.1 Å². The van der Waals surface area contributed by atoms with E-state index < -0.39 is 5.54 Å². The summed E-state index contributed by atoms with van der Waals surface area (Å²) in [5.74, 6) is -0.170. The van der Waals surface area contributed by atoms with E-state index in [4.69, 9.17) is 9.84 Å². The molecule has 1 fully saturated rings. The Bertz CT molecular complexity index is 979. The lowest BCUT2D eigenvalue weighted by Crippen LogP contribution is -2.53. The minimum absolute atomic E-state index is 0.0185. The molecule has 0 spiro atoms. The molecule has 184 valence electrons. The number of ether oxygens (including phenoxy) is 1. The molecule has 2 aromatic rings. The van der Waals surface area contributed by atoms with E-state index in [1.165, 1.54) is 0 Å². The zero-order valence-corrected chi connectivity index (χ0v) is 21.7. The van der Waals surface area contributed by atoms with Gasteiger partial charge < -0.3 is 15.0 Å². The Morgan fingerprint density at radius 1 is 1.18 bits per heavy atom. The number of hydrogen-bond donors (Lipinski definition) is 1. The summed E-state index contributed by atoms with van der Waals surface area (Å²) in [5, 5.41) is 13.4. The van der Waals surface area contributed by atoms with Gasteiger partial charge in [-0.3, -0.25) is 9.69 Å². The highest BCUT2D eigenvalue weighted by Gasteiger charge is 2.35. The van der Waals surface area contributed by atoms with Gasteiger partial charge >= 0.3 is 6.03 Å². The van der Waals surface area contributed by atoms with Crippen LogP contribution in [-0.2, 0) is 9.53 Å². The first-order valence-electron chi connectivity index (χ1n) is 11.6. The van der Waals surface area contributed by atoms with Crippen LogP contribution in [0.3, 0.4) is 0 Å². The van der Waals surface area contributed by atoms with Gasteiger partial charge in [0, 0.05) is 43.0 Å². The molecule has 1 atom stereocenters. The van der Waals surface area contributed by atoms with Crippen molar-refractivity contribution in [3.63, 3.8) is 0 Å². The first-order chi connectivity index (χ1) is 16.3. The van der Waals surface area contributed by atoms with Gasteiger partial charge in [0.1, 0.15) is 6.54 Å². The van der Waals surface area contributed by atoms with Crippen molar-refractivity contribution in [2.24, 2.45) is 5.10 Å². The lowest BCUT2D eigenvalue weighted by atomic mass is 10.1. The number of morpholine rings is 1. The molecule has 3 amide bonds. The number of carbonyl (C=O) groups excluding carboxylic acids is 2. The number of nitrogens with one attached hydrogen (secondary N) is 1. The number of carbonyl (C=O) groups is 2. The number of amides is 3. The second kappa shape index (κ2) is 11.0. The quantitative estimate of drug-likeness (QED) is 0.626. The van der Waals surface area contributed by atoms with E-state index in [0.717, 1.165) is 28.6 Å². The Kier molecular flexibility index (Phi) is 8.02. The van der Waals surface area contributed by atoms with Crippen LogP contribution in [-0.4, -0.2) is 83.9 Å². The Hall–Kier alpha value is -2.27. The molecule has 0 aromatic carbocycles. The molecule has 1 N–H and O–H groups in total. The summed E-state index contributed by atoms with van der Waals surface area (Å²) < 4.78 is 5.43. The van der Waals surface area contributed by atoms with Crippen molar-refractivity contribution in [1.29, 1.82) is 0 Å². The van der Waals surface area contributed by atoms with Gasteiger partial charge in [0.2, 0.25) is 0 Å². The number of thiophene rings is 2. The largest absolute Gasteiger partial charge is 0.379 e. The van der Waals surface area contributed by atoms with E-state index >= 15 is 0 Å². The van der Waals surface area contributed by atoms with Crippen molar-refractivity contribution in [3.8, 4) is 0 Å². The highest BCUT2D eigenvalue weighted by Crippen LogP contribution is 2.36. The molecule has 4 heterocycles. The molecule has 1 saturated heterocycles. The molecule has 34 heavy (non-hydrogen) atoms. The average Bonchev–Trinajstić information content (AvgIpc) is 3.56. The van der Waals surface area contributed by atoms with E-state index in [2.05, 4.69) is 10.2 Å². The number of hydrogen-bond acceptors (Lipinski definition) is 7. The molecule has 0 aliphatic carbocycles. The highest BCUT2D eigenvalue weighted by molar-refractivity contribution is 7.12. The smallest absolute Gasteiger partial charge is 0.318 e. The normalized spacial score (nSPS) is 19.2. The Morgan fingerprint density at radius 3 is 2.56 bits per heavy atom. The molecule has 8 nitrogen and oxygen atoms in total.